The topological polar surface area (TPSA) is 32.3 Å². The van der Waals surface area contributed by atoms with Crippen molar-refractivity contribution in [3.63, 3.8) is 0 Å². The lowest BCUT2D eigenvalue weighted by atomic mass is 10.0. The second-order valence-electron chi connectivity index (χ2n) is 4.87. The van der Waals surface area contributed by atoms with Crippen LogP contribution in [0.25, 0.3) is 0 Å². The summed E-state index contributed by atoms with van der Waals surface area (Å²) < 4.78 is 0. The third-order valence-electron chi connectivity index (χ3n) is 2.90. The van der Waals surface area contributed by atoms with E-state index in [0.717, 1.165) is 18.7 Å². The smallest absolute Gasteiger partial charge is 0.0592 e. The van der Waals surface area contributed by atoms with E-state index in [9.17, 15) is 5.11 Å². The highest BCUT2D eigenvalue weighted by molar-refractivity contribution is 7.99. The van der Waals surface area contributed by atoms with Crippen LogP contribution in [0.3, 0.4) is 0 Å². The molecule has 0 aromatic heterocycles. The molecule has 102 valence electrons. The third kappa shape index (κ3) is 5.42. The zero-order valence-corrected chi connectivity index (χ0v) is 12.5. The SMILES string of the molecule is CCCNC(CO)CSc1ccc(C(C)C)cc1. The van der Waals surface area contributed by atoms with Gasteiger partial charge in [0.05, 0.1) is 6.61 Å². The number of hydrogen-bond donors (Lipinski definition) is 2. The Balaban J connectivity index is 2.42. The van der Waals surface area contributed by atoms with Crippen molar-refractivity contribution in [2.75, 3.05) is 18.9 Å². The molecule has 0 radical (unpaired) electrons. The van der Waals surface area contributed by atoms with Gasteiger partial charge in [-0.05, 0) is 36.6 Å². The van der Waals surface area contributed by atoms with Crippen LogP contribution in [0.15, 0.2) is 29.2 Å². The fourth-order valence-electron chi connectivity index (χ4n) is 1.67. The van der Waals surface area contributed by atoms with Crippen molar-refractivity contribution in [3.8, 4) is 0 Å². The van der Waals surface area contributed by atoms with Gasteiger partial charge in [0.2, 0.25) is 0 Å². The van der Waals surface area contributed by atoms with Gasteiger partial charge in [-0.3, -0.25) is 0 Å². The van der Waals surface area contributed by atoms with Crippen LogP contribution in [0.2, 0.25) is 0 Å². The molecule has 1 aromatic carbocycles. The predicted molar refractivity (Wildman–Crippen MR) is 80.4 cm³/mol. The Morgan fingerprint density at radius 1 is 1.22 bits per heavy atom. The van der Waals surface area contributed by atoms with Crippen molar-refractivity contribution in [2.24, 2.45) is 0 Å². The Morgan fingerprint density at radius 2 is 1.89 bits per heavy atom. The van der Waals surface area contributed by atoms with Gasteiger partial charge in [0, 0.05) is 16.7 Å². The Kier molecular flexibility index (Phi) is 7.40. The molecule has 0 bridgehead atoms. The van der Waals surface area contributed by atoms with Crippen LogP contribution in [0, 0.1) is 0 Å². The first kappa shape index (κ1) is 15.5. The highest BCUT2D eigenvalue weighted by Gasteiger charge is 2.07. The Bertz CT molecular complexity index is 324. The number of aliphatic hydroxyl groups excluding tert-OH is 1. The molecule has 1 atom stereocenters. The molecule has 0 aliphatic rings. The standard InChI is InChI=1S/C15H25NOS/c1-4-9-16-14(10-17)11-18-15-7-5-13(6-8-15)12(2)3/h5-8,12,14,16-17H,4,9-11H2,1-3H3. The summed E-state index contributed by atoms with van der Waals surface area (Å²) in [4.78, 5) is 1.27. The molecule has 0 aliphatic carbocycles. The molecule has 0 heterocycles. The first-order valence-corrected chi connectivity index (χ1v) is 7.73. The van der Waals surface area contributed by atoms with E-state index in [4.69, 9.17) is 0 Å². The monoisotopic (exact) mass is 267 g/mol. The van der Waals surface area contributed by atoms with Gasteiger partial charge in [-0.25, -0.2) is 0 Å². The zero-order chi connectivity index (χ0) is 13.4. The number of thioether (sulfide) groups is 1. The summed E-state index contributed by atoms with van der Waals surface area (Å²) in [6.07, 6.45) is 1.10. The highest BCUT2D eigenvalue weighted by atomic mass is 32.2. The Hall–Kier alpha value is -0.510. The number of nitrogens with one attached hydrogen (secondary N) is 1. The minimum Gasteiger partial charge on any atom is -0.395 e. The first-order valence-electron chi connectivity index (χ1n) is 6.74. The third-order valence-corrected chi connectivity index (χ3v) is 4.08. The van der Waals surface area contributed by atoms with Crippen molar-refractivity contribution < 1.29 is 5.11 Å². The van der Waals surface area contributed by atoms with Gasteiger partial charge < -0.3 is 10.4 Å². The zero-order valence-electron chi connectivity index (χ0n) is 11.6. The minimum absolute atomic E-state index is 0.194. The van der Waals surface area contributed by atoms with E-state index in [2.05, 4.69) is 50.4 Å². The molecular weight excluding hydrogens is 242 g/mol. The molecule has 2 nitrogen and oxygen atoms in total. The van der Waals surface area contributed by atoms with Crippen molar-refractivity contribution in [3.05, 3.63) is 29.8 Å². The van der Waals surface area contributed by atoms with Crippen LogP contribution >= 0.6 is 11.8 Å². The molecule has 1 rings (SSSR count). The molecule has 0 spiro atoms. The quantitative estimate of drug-likeness (QED) is 0.709. The number of rotatable bonds is 8. The highest BCUT2D eigenvalue weighted by Crippen LogP contribution is 2.22. The van der Waals surface area contributed by atoms with E-state index >= 15 is 0 Å². The summed E-state index contributed by atoms with van der Waals surface area (Å²) in [5.41, 5.74) is 1.38. The van der Waals surface area contributed by atoms with Crippen LogP contribution in [-0.4, -0.2) is 30.1 Å². The molecule has 0 aliphatic heterocycles. The van der Waals surface area contributed by atoms with Gasteiger partial charge >= 0.3 is 0 Å². The maximum absolute atomic E-state index is 9.27. The van der Waals surface area contributed by atoms with Crippen LogP contribution in [0.5, 0.6) is 0 Å². The lowest BCUT2D eigenvalue weighted by molar-refractivity contribution is 0.254. The summed E-state index contributed by atoms with van der Waals surface area (Å²) in [7, 11) is 0. The summed E-state index contributed by atoms with van der Waals surface area (Å²) in [5.74, 6) is 1.50. The van der Waals surface area contributed by atoms with Gasteiger partial charge in [-0.2, -0.15) is 0 Å². The van der Waals surface area contributed by atoms with Gasteiger partial charge in [0.1, 0.15) is 0 Å². The molecular formula is C15H25NOS. The molecule has 3 heteroatoms. The van der Waals surface area contributed by atoms with Gasteiger partial charge in [-0.15, -0.1) is 11.8 Å². The fourth-order valence-corrected chi connectivity index (χ4v) is 2.62. The Labute approximate surface area is 115 Å². The molecule has 1 unspecified atom stereocenters. The second-order valence-corrected chi connectivity index (χ2v) is 5.96. The van der Waals surface area contributed by atoms with Gasteiger partial charge in [0.15, 0.2) is 0 Å². The second kappa shape index (κ2) is 8.57. The van der Waals surface area contributed by atoms with E-state index in [-0.39, 0.29) is 12.6 Å². The van der Waals surface area contributed by atoms with Crippen LogP contribution in [0.1, 0.15) is 38.7 Å². The molecule has 0 fully saturated rings. The van der Waals surface area contributed by atoms with Crippen LogP contribution in [0.4, 0.5) is 0 Å². The van der Waals surface area contributed by atoms with Crippen LogP contribution in [-0.2, 0) is 0 Å². The average molecular weight is 267 g/mol. The number of aliphatic hydroxyl groups is 1. The number of hydrogen-bond acceptors (Lipinski definition) is 3. The van der Waals surface area contributed by atoms with E-state index in [1.165, 1.54) is 10.5 Å². The lowest BCUT2D eigenvalue weighted by Gasteiger charge is -2.15. The first-order chi connectivity index (χ1) is 8.67. The van der Waals surface area contributed by atoms with Crippen LogP contribution < -0.4 is 5.32 Å². The maximum atomic E-state index is 9.27. The van der Waals surface area contributed by atoms with Crippen molar-refractivity contribution in [1.29, 1.82) is 0 Å². The number of benzene rings is 1. The van der Waals surface area contributed by atoms with Crippen molar-refractivity contribution in [1.82, 2.24) is 5.32 Å². The average Bonchev–Trinajstić information content (AvgIpc) is 2.39. The normalized spacial score (nSPS) is 12.9. The van der Waals surface area contributed by atoms with Gasteiger partial charge in [0.25, 0.3) is 0 Å². The largest absolute Gasteiger partial charge is 0.395 e. The molecule has 0 amide bonds. The molecule has 1 aromatic rings. The molecule has 18 heavy (non-hydrogen) atoms. The molecule has 0 saturated carbocycles. The summed E-state index contributed by atoms with van der Waals surface area (Å²) in [5, 5.41) is 12.6. The minimum atomic E-state index is 0.194. The summed E-state index contributed by atoms with van der Waals surface area (Å²) in [6.45, 7) is 7.73. The fraction of sp³-hybridized carbons (Fsp3) is 0.600. The lowest BCUT2D eigenvalue weighted by Crippen LogP contribution is -2.35. The Morgan fingerprint density at radius 3 is 2.39 bits per heavy atom. The van der Waals surface area contributed by atoms with Gasteiger partial charge in [-0.1, -0.05) is 32.9 Å². The van der Waals surface area contributed by atoms with Crippen molar-refractivity contribution in [2.45, 2.75) is 44.0 Å². The van der Waals surface area contributed by atoms with E-state index in [1.54, 1.807) is 11.8 Å². The van der Waals surface area contributed by atoms with E-state index in [1.807, 2.05) is 0 Å². The summed E-state index contributed by atoms with van der Waals surface area (Å²) >= 11 is 1.80. The predicted octanol–water partition coefficient (Wildman–Crippen LogP) is 3.26. The van der Waals surface area contributed by atoms with E-state index < -0.39 is 0 Å². The summed E-state index contributed by atoms with van der Waals surface area (Å²) in [6, 6.07) is 8.93. The van der Waals surface area contributed by atoms with E-state index in [0.29, 0.717) is 5.92 Å². The van der Waals surface area contributed by atoms with Crippen molar-refractivity contribution >= 4 is 11.8 Å². The molecule has 0 saturated heterocycles. The maximum Gasteiger partial charge on any atom is 0.0592 e. The molecule has 2 N–H and O–H groups in total.